The summed E-state index contributed by atoms with van der Waals surface area (Å²) in [5.41, 5.74) is 9.54. The van der Waals surface area contributed by atoms with E-state index < -0.39 is 0 Å². The van der Waals surface area contributed by atoms with Crippen LogP contribution in [0, 0.1) is 11.3 Å². The number of benzene rings is 7. The van der Waals surface area contributed by atoms with Gasteiger partial charge in [0.15, 0.2) is 5.75 Å². The Bertz CT molecular complexity index is 2870. The van der Waals surface area contributed by atoms with Crippen molar-refractivity contribution in [2.45, 2.75) is 0 Å². The zero-order valence-electron chi connectivity index (χ0n) is 26.1. The molecule has 6 heteroatoms. The quantitative estimate of drug-likeness (QED) is 0.181. The SMILES string of the molecule is N#Cc1cc2c3c(c1-n1c4ccccc4c4cccc(-n5c6ccccc6c6ccccc65)c41)Oc1ccccc1B3c1ccccc1O2. The largest absolute Gasteiger partial charge is 0.458 e. The molecule has 49 heavy (non-hydrogen) atoms. The van der Waals surface area contributed by atoms with Crippen LogP contribution in [-0.2, 0) is 0 Å². The van der Waals surface area contributed by atoms with Crippen LogP contribution in [0.2, 0.25) is 0 Å². The summed E-state index contributed by atoms with van der Waals surface area (Å²) in [5, 5.41) is 15.5. The van der Waals surface area contributed by atoms with E-state index in [1.54, 1.807) is 0 Å². The van der Waals surface area contributed by atoms with E-state index in [9.17, 15) is 5.26 Å². The normalized spacial score (nSPS) is 12.8. The third-order valence-corrected chi connectivity index (χ3v) is 10.3. The monoisotopic (exact) mass is 625 g/mol. The van der Waals surface area contributed by atoms with Gasteiger partial charge in [-0.25, -0.2) is 0 Å². The van der Waals surface area contributed by atoms with Gasteiger partial charge in [0.2, 0.25) is 0 Å². The molecule has 5 nitrogen and oxygen atoms in total. The van der Waals surface area contributed by atoms with Crippen LogP contribution in [0.1, 0.15) is 5.56 Å². The Kier molecular flexibility index (Phi) is 5.20. The maximum absolute atomic E-state index is 10.9. The molecule has 9 aromatic rings. The molecular weight excluding hydrogens is 601 g/mol. The number of fused-ring (bicyclic) bond motifs is 10. The minimum atomic E-state index is -0.115. The minimum Gasteiger partial charge on any atom is -0.458 e. The van der Waals surface area contributed by atoms with Crippen molar-refractivity contribution < 1.29 is 9.47 Å². The molecular formula is C43H24BN3O2. The van der Waals surface area contributed by atoms with Gasteiger partial charge in [0, 0.05) is 33.1 Å². The van der Waals surface area contributed by atoms with E-state index in [1.807, 2.05) is 30.3 Å². The summed E-state index contributed by atoms with van der Waals surface area (Å²) in [5.74, 6) is 2.87. The summed E-state index contributed by atoms with van der Waals surface area (Å²) < 4.78 is 18.1. The molecule has 0 amide bonds. The molecule has 0 radical (unpaired) electrons. The molecule has 11 rings (SSSR count). The van der Waals surface area contributed by atoms with E-state index in [0.29, 0.717) is 22.7 Å². The zero-order chi connectivity index (χ0) is 32.2. The van der Waals surface area contributed by atoms with Crippen LogP contribution in [0.5, 0.6) is 23.0 Å². The molecule has 0 aliphatic carbocycles. The highest BCUT2D eigenvalue weighted by atomic mass is 16.5. The topological polar surface area (TPSA) is 52.1 Å². The number of nitriles is 1. The second kappa shape index (κ2) is 9.66. The Morgan fingerprint density at radius 2 is 1.04 bits per heavy atom. The van der Waals surface area contributed by atoms with Crippen molar-refractivity contribution >= 4 is 66.7 Å². The predicted molar refractivity (Wildman–Crippen MR) is 198 cm³/mol. The molecule has 4 heterocycles. The van der Waals surface area contributed by atoms with Crippen molar-refractivity contribution in [1.82, 2.24) is 9.13 Å². The standard InChI is InChI=1S/C43H24BN3O2/c45-25-26-24-39-40-43(49-38-23-10-5-17-32(38)44(40)31-16-4-9-22-37(31)48-39)41(26)47-35-20-8-3-14-29(35)30-15-11-21-36(42(30)47)46-33-18-6-1-12-27(33)28-13-2-7-19-34(28)46/h1-24H. The number of hydrogen-bond acceptors (Lipinski definition) is 3. The lowest BCUT2D eigenvalue weighted by Crippen LogP contribution is -2.57. The van der Waals surface area contributed by atoms with Gasteiger partial charge in [-0.2, -0.15) is 5.26 Å². The Labute approximate surface area is 281 Å². The molecule has 0 saturated heterocycles. The van der Waals surface area contributed by atoms with E-state index in [1.165, 1.54) is 10.8 Å². The summed E-state index contributed by atoms with van der Waals surface area (Å²) in [6.45, 7) is -0.115. The summed E-state index contributed by atoms with van der Waals surface area (Å²) in [6.07, 6.45) is 0. The average Bonchev–Trinajstić information content (AvgIpc) is 3.67. The predicted octanol–water partition coefficient (Wildman–Crippen LogP) is 8.48. The Morgan fingerprint density at radius 1 is 0.510 bits per heavy atom. The number of aromatic nitrogens is 2. The molecule has 226 valence electrons. The van der Waals surface area contributed by atoms with Crippen molar-refractivity contribution in [2.24, 2.45) is 0 Å². The van der Waals surface area contributed by atoms with Crippen molar-refractivity contribution in [3.63, 3.8) is 0 Å². The maximum atomic E-state index is 10.9. The Hall–Kier alpha value is -6.71. The number of para-hydroxylation sites is 6. The minimum absolute atomic E-state index is 0.115. The first-order chi connectivity index (χ1) is 24.3. The van der Waals surface area contributed by atoms with Crippen LogP contribution in [0.4, 0.5) is 0 Å². The molecule has 0 bridgehead atoms. The lowest BCUT2D eigenvalue weighted by atomic mass is 9.35. The van der Waals surface area contributed by atoms with E-state index in [2.05, 4.69) is 130 Å². The number of ether oxygens (including phenoxy) is 2. The van der Waals surface area contributed by atoms with Crippen molar-refractivity contribution in [3.8, 4) is 40.4 Å². The van der Waals surface area contributed by atoms with Crippen LogP contribution in [0.25, 0.3) is 55.0 Å². The van der Waals surface area contributed by atoms with E-state index in [-0.39, 0.29) is 6.71 Å². The van der Waals surface area contributed by atoms with Gasteiger partial charge in [-0.05, 0) is 47.3 Å². The number of nitrogens with zero attached hydrogens (tertiary/aromatic N) is 3. The lowest BCUT2D eigenvalue weighted by molar-refractivity contribution is 0.463. The molecule has 0 N–H and O–H groups in total. The molecule has 0 atom stereocenters. The smallest absolute Gasteiger partial charge is 0.260 e. The fourth-order valence-electron chi connectivity index (χ4n) is 8.33. The highest BCUT2D eigenvalue weighted by molar-refractivity contribution is 6.98. The maximum Gasteiger partial charge on any atom is 0.260 e. The van der Waals surface area contributed by atoms with Crippen molar-refractivity contribution in [3.05, 3.63) is 151 Å². The molecule has 2 aliphatic rings. The first-order valence-electron chi connectivity index (χ1n) is 16.5. The van der Waals surface area contributed by atoms with Crippen LogP contribution in [-0.4, -0.2) is 15.8 Å². The molecule has 0 unspecified atom stereocenters. The molecule has 0 fully saturated rings. The fourth-order valence-corrected chi connectivity index (χ4v) is 8.33. The Balaban J connectivity index is 1.32. The molecule has 0 saturated carbocycles. The van der Waals surface area contributed by atoms with Gasteiger partial charge in [-0.15, -0.1) is 0 Å². The zero-order valence-corrected chi connectivity index (χ0v) is 26.1. The van der Waals surface area contributed by atoms with Crippen molar-refractivity contribution in [2.75, 3.05) is 0 Å². The van der Waals surface area contributed by atoms with Crippen LogP contribution >= 0.6 is 0 Å². The lowest BCUT2D eigenvalue weighted by Gasteiger charge is -2.34. The van der Waals surface area contributed by atoms with Gasteiger partial charge in [-0.3, -0.25) is 0 Å². The summed E-state index contributed by atoms with van der Waals surface area (Å²) in [6, 6.07) is 52.9. The van der Waals surface area contributed by atoms with Crippen LogP contribution in [0.3, 0.4) is 0 Å². The fraction of sp³-hybridized carbons (Fsp3) is 0. The summed E-state index contributed by atoms with van der Waals surface area (Å²) in [7, 11) is 0. The highest BCUT2D eigenvalue weighted by Crippen LogP contribution is 2.45. The van der Waals surface area contributed by atoms with Gasteiger partial charge in [0.05, 0.1) is 33.3 Å². The average molecular weight is 625 g/mol. The van der Waals surface area contributed by atoms with E-state index >= 15 is 0 Å². The molecule has 2 aliphatic heterocycles. The van der Waals surface area contributed by atoms with Gasteiger partial charge in [0.25, 0.3) is 6.71 Å². The van der Waals surface area contributed by atoms with Gasteiger partial charge >= 0.3 is 0 Å². The highest BCUT2D eigenvalue weighted by Gasteiger charge is 2.42. The van der Waals surface area contributed by atoms with Gasteiger partial charge < -0.3 is 18.6 Å². The van der Waals surface area contributed by atoms with E-state index in [4.69, 9.17) is 9.47 Å². The van der Waals surface area contributed by atoms with Crippen LogP contribution in [0.15, 0.2) is 146 Å². The second-order valence-electron chi connectivity index (χ2n) is 12.7. The van der Waals surface area contributed by atoms with E-state index in [0.717, 1.165) is 66.4 Å². The first kappa shape index (κ1) is 26.4. The number of rotatable bonds is 2. The van der Waals surface area contributed by atoms with Crippen LogP contribution < -0.4 is 25.9 Å². The molecule has 0 spiro atoms. The first-order valence-corrected chi connectivity index (χ1v) is 16.5. The third kappa shape index (κ3) is 3.43. The number of hydrogen-bond donors (Lipinski definition) is 0. The van der Waals surface area contributed by atoms with Gasteiger partial charge in [0.1, 0.15) is 29.0 Å². The van der Waals surface area contributed by atoms with Crippen molar-refractivity contribution in [1.29, 1.82) is 5.26 Å². The Morgan fingerprint density at radius 3 is 1.69 bits per heavy atom. The van der Waals surface area contributed by atoms with Gasteiger partial charge in [-0.1, -0.05) is 103 Å². The summed E-state index contributed by atoms with van der Waals surface area (Å²) >= 11 is 0. The third-order valence-electron chi connectivity index (χ3n) is 10.3. The molecule has 2 aromatic heterocycles. The second-order valence-corrected chi connectivity index (χ2v) is 12.7. The molecule has 7 aromatic carbocycles. The summed E-state index contributed by atoms with van der Waals surface area (Å²) in [4.78, 5) is 0.